The zero-order valence-corrected chi connectivity index (χ0v) is 12.5. The number of benzene rings is 1. The Balaban J connectivity index is 1.84. The van der Waals surface area contributed by atoms with Crippen molar-refractivity contribution in [3.05, 3.63) is 30.1 Å². The molecule has 6 heteroatoms. The first-order chi connectivity index (χ1) is 10.3. The van der Waals surface area contributed by atoms with E-state index in [1.807, 2.05) is 0 Å². The van der Waals surface area contributed by atoms with Crippen molar-refractivity contribution >= 4 is 5.69 Å². The molecule has 0 radical (unpaired) electrons. The number of anilines is 1. The fourth-order valence-electron chi connectivity index (χ4n) is 1.55. The third kappa shape index (κ3) is 9.36. The molecule has 5 nitrogen and oxygen atoms in total. The summed E-state index contributed by atoms with van der Waals surface area (Å²) >= 11 is 0. The van der Waals surface area contributed by atoms with Gasteiger partial charge in [0.15, 0.2) is 0 Å². The summed E-state index contributed by atoms with van der Waals surface area (Å²) in [5, 5.41) is 2.97. The van der Waals surface area contributed by atoms with Crippen molar-refractivity contribution in [1.82, 2.24) is 0 Å². The topological polar surface area (TPSA) is 49.0 Å². The highest BCUT2D eigenvalue weighted by Crippen LogP contribution is 2.11. The molecule has 0 saturated carbocycles. The minimum absolute atomic E-state index is 0.255. The molecule has 0 aliphatic rings. The lowest BCUT2D eigenvalue weighted by Crippen LogP contribution is -2.14. The average molecular weight is 301 g/mol. The Morgan fingerprint density at radius 2 is 1.43 bits per heavy atom. The van der Waals surface area contributed by atoms with Crippen molar-refractivity contribution in [2.75, 3.05) is 65.2 Å². The summed E-state index contributed by atoms with van der Waals surface area (Å²) in [6.45, 7) is 4.36. The molecule has 0 spiro atoms. The molecule has 0 atom stereocenters. The minimum Gasteiger partial charge on any atom is -0.382 e. The summed E-state index contributed by atoms with van der Waals surface area (Å²) in [7, 11) is 1.64. The normalized spacial score (nSPS) is 10.8. The standard InChI is InChI=1S/C15H24FNO4/c1-18-8-9-20-12-13-21-11-10-19-7-6-17-15-5-3-2-4-14(15)16/h2-5,17H,6-13H2,1H3. The maximum atomic E-state index is 13.3. The molecule has 0 fully saturated rings. The second-order valence-electron chi connectivity index (χ2n) is 4.24. The van der Waals surface area contributed by atoms with Gasteiger partial charge in [0.1, 0.15) is 5.82 Å². The third-order valence-corrected chi connectivity index (χ3v) is 2.61. The molecular weight excluding hydrogens is 277 g/mol. The van der Waals surface area contributed by atoms with Crippen molar-refractivity contribution in [2.45, 2.75) is 0 Å². The zero-order chi connectivity index (χ0) is 15.2. The van der Waals surface area contributed by atoms with Gasteiger partial charge in [-0.05, 0) is 12.1 Å². The van der Waals surface area contributed by atoms with Gasteiger partial charge in [-0.1, -0.05) is 12.1 Å². The van der Waals surface area contributed by atoms with Crippen molar-refractivity contribution < 1.29 is 23.3 Å². The number of hydrogen-bond donors (Lipinski definition) is 1. The SMILES string of the molecule is COCCOCCOCCOCCNc1ccccc1F. The Morgan fingerprint density at radius 1 is 0.857 bits per heavy atom. The number of hydrogen-bond acceptors (Lipinski definition) is 5. The summed E-state index contributed by atoms with van der Waals surface area (Å²) in [6.07, 6.45) is 0. The first-order valence-corrected chi connectivity index (χ1v) is 7.05. The lowest BCUT2D eigenvalue weighted by molar-refractivity contribution is 0.00495. The van der Waals surface area contributed by atoms with E-state index in [1.165, 1.54) is 6.07 Å². The molecule has 0 unspecified atom stereocenters. The van der Waals surface area contributed by atoms with Crippen molar-refractivity contribution in [2.24, 2.45) is 0 Å². The van der Waals surface area contributed by atoms with Gasteiger partial charge < -0.3 is 24.3 Å². The van der Waals surface area contributed by atoms with Crippen LogP contribution in [0.3, 0.4) is 0 Å². The molecule has 1 aromatic carbocycles. The molecule has 120 valence electrons. The predicted octanol–water partition coefficient (Wildman–Crippen LogP) is 1.93. The van der Waals surface area contributed by atoms with Crippen molar-refractivity contribution in [3.63, 3.8) is 0 Å². The second-order valence-corrected chi connectivity index (χ2v) is 4.24. The quantitative estimate of drug-likeness (QED) is 0.564. The van der Waals surface area contributed by atoms with Crippen molar-refractivity contribution in [3.8, 4) is 0 Å². The fourth-order valence-corrected chi connectivity index (χ4v) is 1.55. The van der Waals surface area contributed by atoms with Gasteiger partial charge in [0.25, 0.3) is 0 Å². The van der Waals surface area contributed by atoms with Gasteiger partial charge in [-0.15, -0.1) is 0 Å². The first kappa shape index (κ1) is 17.8. The number of para-hydroxylation sites is 1. The molecule has 1 rings (SSSR count). The van der Waals surface area contributed by atoms with Crippen LogP contribution in [-0.4, -0.2) is 59.9 Å². The van der Waals surface area contributed by atoms with Crippen LogP contribution in [0.4, 0.5) is 10.1 Å². The smallest absolute Gasteiger partial charge is 0.146 e. The Bertz CT molecular complexity index is 365. The van der Waals surface area contributed by atoms with Gasteiger partial charge >= 0.3 is 0 Å². The van der Waals surface area contributed by atoms with E-state index in [4.69, 9.17) is 18.9 Å². The van der Waals surface area contributed by atoms with Crippen LogP contribution in [0.2, 0.25) is 0 Å². The van der Waals surface area contributed by atoms with Gasteiger partial charge in [-0.25, -0.2) is 4.39 Å². The van der Waals surface area contributed by atoms with E-state index in [9.17, 15) is 4.39 Å². The lowest BCUT2D eigenvalue weighted by atomic mass is 10.3. The van der Waals surface area contributed by atoms with Crippen LogP contribution < -0.4 is 5.32 Å². The fraction of sp³-hybridized carbons (Fsp3) is 0.600. The Morgan fingerprint density at radius 3 is 2.05 bits per heavy atom. The van der Waals surface area contributed by atoms with Gasteiger partial charge in [0.05, 0.1) is 51.9 Å². The predicted molar refractivity (Wildman–Crippen MR) is 79.2 cm³/mol. The van der Waals surface area contributed by atoms with Crippen LogP contribution in [0.5, 0.6) is 0 Å². The monoisotopic (exact) mass is 301 g/mol. The van der Waals surface area contributed by atoms with Gasteiger partial charge in [-0.2, -0.15) is 0 Å². The summed E-state index contributed by atoms with van der Waals surface area (Å²) in [4.78, 5) is 0. The van der Waals surface area contributed by atoms with Crippen LogP contribution in [-0.2, 0) is 18.9 Å². The van der Waals surface area contributed by atoms with E-state index < -0.39 is 0 Å². The number of methoxy groups -OCH3 is 1. The molecule has 21 heavy (non-hydrogen) atoms. The maximum absolute atomic E-state index is 13.3. The van der Waals surface area contributed by atoms with E-state index in [1.54, 1.807) is 25.3 Å². The molecule has 0 bridgehead atoms. The highest BCUT2D eigenvalue weighted by molar-refractivity contribution is 5.44. The molecule has 0 aliphatic heterocycles. The van der Waals surface area contributed by atoms with Crippen LogP contribution in [0.15, 0.2) is 24.3 Å². The molecule has 0 aliphatic carbocycles. The van der Waals surface area contributed by atoms with E-state index >= 15 is 0 Å². The summed E-state index contributed by atoms with van der Waals surface area (Å²) in [6, 6.07) is 6.57. The number of rotatable bonds is 13. The summed E-state index contributed by atoms with van der Waals surface area (Å²) < 4.78 is 34.1. The van der Waals surface area contributed by atoms with Crippen LogP contribution >= 0.6 is 0 Å². The second kappa shape index (κ2) is 12.5. The van der Waals surface area contributed by atoms with Gasteiger partial charge in [-0.3, -0.25) is 0 Å². The van der Waals surface area contributed by atoms with Crippen LogP contribution in [0.25, 0.3) is 0 Å². The largest absolute Gasteiger partial charge is 0.382 e. The van der Waals surface area contributed by atoms with Crippen molar-refractivity contribution in [1.29, 1.82) is 0 Å². The van der Waals surface area contributed by atoms with Gasteiger partial charge in [0.2, 0.25) is 0 Å². The minimum atomic E-state index is -0.255. The molecule has 1 aromatic rings. The Hall–Kier alpha value is -1.21. The highest BCUT2D eigenvalue weighted by Gasteiger charge is 1.98. The number of halogens is 1. The van der Waals surface area contributed by atoms with Gasteiger partial charge in [0, 0.05) is 13.7 Å². The molecule has 0 heterocycles. The zero-order valence-electron chi connectivity index (χ0n) is 12.5. The number of ether oxygens (including phenoxy) is 4. The van der Waals surface area contributed by atoms with E-state index in [2.05, 4.69) is 5.32 Å². The van der Waals surface area contributed by atoms with Crippen LogP contribution in [0, 0.1) is 5.82 Å². The molecule has 0 aromatic heterocycles. The Labute approximate surface area is 125 Å². The average Bonchev–Trinajstić information content (AvgIpc) is 2.50. The summed E-state index contributed by atoms with van der Waals surface area (Å²) in [5.74, 6) is -0.255. The third-order valence-electron chi connectivity index (χ3n) is 2.61. The van der Waals surface area contributed by atoms with Crippen LogP contribution in [0.1, 0.15) is 0 Å². The lowest BCUT2D eigenvalue weighted by Gasteiger charge is -2.08. The first-order valence-electron chi connectivity index (χ1n) is 7.05. The van der Waals surface area contributed by atoms with E-state index in [0.29, 0.717) is 58.5 Å². The molecule has 0 amide bonds. The van der Waals surface area contributed by atoms with E-state index in [-0.39, 0.29) is 5.82 Å². The maximum Gasteiger partial charge on any atom is 0.146 e. The molecule has 1 N–H and O–H groups in total. The van der Waals surface area contributed by atoms with E-state index in [0.717, 1.165) is 0 Å². The number of nitrogens with one attached hydrogen (secondary N) is 1. The molecule has 0 saturated heterocycles. The Kier molecular flexibility index (Phi) is 10.6. The summed E-state index contributed by atoms with van der Waals surface area (Å²) in [5.41, 5.74) is 0.491. The molecular formula is C15H24FNO4. The highest BCUT2D eigenvalue weighted by atomic mass is 19.1.